The van der Waals surface area contributed by atoms with Gasteiger partial charge in [-0.05, 0) is 30.3 Å². The van der Waals surface area contributed by atoms with Crippen molar-refractivity contribution in [1.82, 2.24) is 15.2 Å². The van der Waals surface area contributed by atoms with E-state index in [1.165, 1.54) is 4.90 Å². The van der Waals surface area contributed by atoms with Crippen LogP contribution in [0.2, 0.25) is 0 Å². The lowest BCUT2D eigenvalue weighted by Gasteiger charge is -2.16. The van der Waals surface area contributed by atoms with Crippen LogP contribution in [0.1, 0.15) is 11.4 Å². The van der Waals surface area contributed by atoms with E-state index >= 15 is 0 Å². The third-order valence-corrected chi connectivity index (χ3v) is 3.39. The Morgan fingerprint density at radius 1 is 0.958 bits per heavy atom. The Kier molecular flexibility index (Phi) is 4.76. The summed E-state index contributed by atoms with van der Waals surface area (Å²) in [6.07, 6.45) is 1.79. The molecule has 0 aliphatic carbocycles. The third-order valence-electron chi connectivity index (χ3n) is 3.39. The van der Waals surface area contributed by atoms with E-state index in [-0.39, 0.29) is 5.88 Å². The largest absolute Gasteiger partial charge is 0.420 e. The molecule has 2 heterocycles. The van der Waals surface area contributed by atoms with Crippen LogP contribution >= 0.6 is 0 Å². The van der Waals surface area contributed by atoms with Crippen molar-refractivity contribution in [1.29, 1.82) is 0 Å². The molecule has 0 aliphatic heterocycles. The highest BCUT2D eigenvalue weighted by Crippen LogP contribution is 2.14. The summed E-state index contributed by atoms with van der Waals surface area (Å²) in [6.45, 7) is 0. The van der Waals surface area contributed by atoms with Crippen molar-refractivity contribution in [2.45, 2.75) is 6.42 Å². The van der Waals surface area contributed by atoms with Crippen molar-refractivity contribution in [3.8, 4) is 5.88 Å². The van der Waals surface area contributed by atoms with Crippen molar-refractivity contribution in [3.05, 3.63) is 78.2 Å². The van der Waals surface area contributed by atoms with Crippen LogP contribution in [0.15, 0.2) is 66.9 Å². The van der Waals surface area contributed by atoms with E-state index in [4.69, 9.17) is 4.74 Å². The molecule has 2 aromatic heterocycles. The summed E-state index contributed by atoms with van der Waals surface area (Å²) >= 11 is 0. The van der Waals surface area contributed by atoms with E-state index in [1.54, 1.807) is 25.4 Å². The Bertz CT molecular complexity index is 792. The summed E-state index contributed by atoms with van der Waals surface area (Å²) in [4.78, 5) is 17.8. The van der Waals surface area contributed by atoms with E-state index in [9.17, 15) is 4.79 Å². The van der Waals surface area contributed by atoms with Crippen LogP contribution < -0.4 is 9.64 Å². The summed E-state index contributed by atoms with van der Waals surface area (Å²) in [7, 11) is 1.64. The van der Waals surface area contributed by atoms with Crippen LogP contribution in [0, 0.1) is 0 Å². The van der Waals surface area contributed by atoms with Gasteiger partial charge >= 0.3 is 6.09 Å². The standard InChI is InChI=1S/C18H16N4O2/c1-22(16-8-3-2-4-9-16)18(23)24-17-11-10-15(20-21-17)13-14-7-5-6-12-19-14/h2-12H,13H2,1H3. The SMILES string of the molecule is CN(C(=O)Oc1ccc(Cc2ccccn2)nn1)c1ccccc1. The molecular weight excluding hydrogens is 304 g/mol. The highest BCUT2D eigenvalue weighted by molar-refractivity contribution is 5.88. The molecule has 24 heavy (non-hydrogen) atoms. The second-order valence-corrected chi connectivity index (χ2v) is 5.12. The second kappa shape index (κ2) is 7.32. The van der Waals surface area contributed by atoms with Gasteiger partial charge in [-0.25, -0.2) is 4.79 Å². The van der Waals surface area contributed by atoms with Crippen LogP contribution in [-0.2, 0) is 6.42 Å². The Labute approximate surface area is 139 Å². The number of aromatic nitrogens is 3. The van der Waals surface area contributed by atoms with E-state index in [2.05, 4.69) is 15.2 Å². The molecule has 120 valence electrons. The first-order valence-electron chi connectivity index (χ1n) is 7.45. The number of para-hydroxylation sites is 1. The highest BCUT2D eigenvalue weighted by Gasteiger charge is 2.14. The Balaban J connectivity index is 1.62. The number of rotatable bonds is 4. The van der Waals surface area contributed by atoms with Crippen LogP contribution in [0.4, 0.5) is 10.5 Å². The molecule has 6 heteroatoms. The molecule has 0 saturated carbocycles. The van der Waals surface area contributed by atoms with Gasteiger partial charge in [0, 0.05) is 37.1 Å². The maximum absolute atomic E-state index is 12.1. The first-order chi connectivity index (χ1) is 11.7. The number of hydrogen-bond acceptors (Lipinski definition) is 5. The lowest BCUT2D eigenvalue weighted by atomic mass is 10.2. The summed E-state index contributed by atoms with van der Waals surface area (Å²) in [6, 6.07) is 18.3. The van der Waals surface area contributed by atoms with Crippen LogP contribution in [0.3, 0.4) is 0 Å². The number of ether oxygens (including phenoxy) is 1. The average molecular weight is 320 g/mol. The number of hydrogen-bond donors (Lipinski definition) is 0. The molecule has 6 nitrogen and oxygen atoms in total. The lowest BCUT2D eigenvalue weighted by Crippen LogP contribution is -2.29. The molecule has 0 saturated heterocycles. The molecule has 3 rings (SSSR count). The quantitative estimate of drug-likeness (QED) is 0.739. The predicted molar refractivity (Wildman–Crippen MR) is 89.9 cm³/mol. The monoisotopic (exact) mass is 320 g/mol. The van der Waals surface area contributed by atoms with Gasteiger partial charge in [-0.3, -0.25) is 9.88 Å². The molecule has 0 N–H and O–H groups in total. The molecule has 3 aromatic rings. The van der Waals surface area contributed by atoms with Gasteiger partial charge in [0.2, 0.25) is 5.88 Å². The fourth-order valence-corrected chi connectivity index (χ4v) is 2.10. The molecule has 0 fully saturated rings. The maximum Gasteiger partial charge on any atom is 0.420 e. The number of carbonyl (C=O) groups is 1. The van der Waals surface area contributed by atoms with Crippen LogP contribution in [-0.4, -0.2) is 28.3 Å². The molecule has 0 unspecified atom stereocenters. The van der Waals surface area contributed by atoms with Gasteiger partial charge in [-0.15, -0.1) is 5.10 Å². The van der Waals surface area contributed by atoms with Gasteiger partial charge in [-0.2, -0.15) is 5.10 Å². The summed E-state index contributed by atoms with van der Waals surface area (Å²) in [5.41, 5.74) is 2.40. The molecule has 0 atom stereocenters. The van der Waals surface area contributed by atoms with E-state index in [0.717, 1.165) is 17.1 Å². The molecule has 1 aromatic carbocycles. The minimum atomic E-state index is -0.520. The number of anilines is 1. The molecule has 0 radical (unpaired) electrons. The topological polar surface area (TPSA) is 68.2 Å². The van der Waals surface area contributed by atoms with Gasteiger partial charge in [-0.1, -0.05) is 24.3 Å². The van der Waals surface area contributed by atoms with E-state index < -0.39 is 6.09 Å². The van der Waals surface area contributed by atoms with Crippen LogP contribution in [0.25, 0.3) is 0 Å². The minimum absolute atomic E-state index is 0.160. The molecule has 1 amide bonds. The zero-order valence-corrected chi connectivity index (χ0v) is 13.2. The maximum atomic E-state index is 12.1. The number of pyridine rings is 1. The van der Waals surface area contributed by atoms with Gasteiger partial charge in [0.25, 0.3) is 0 Å². The number of amides is 1. The van der Waals surface area contributed by atoms with Crippen LogP contribution in [0.5, 0.6) is 5.88 Å². The van der Waals surface area contributed by atoms with Crippen molar-refractivity contribution in [2.24, 2.45) is 0 Å². The predicted octanol–water partition coefficient (Wildman–Crippen LogP) is 3.10. The van der Waals surface area contributed by atoms with Crippen molar-refractivity contribution < 1.29 is 9.53 Å². The molecular formula is C18H16N4O2. The number of carbonyl (C=O) groups excluding carboxylic acids is 1. The van der Waals surface area contributed by atoms with Crippen molar-refractivity contribution in [3.63, 3.8) is 0 Å². The fraction of sp³-hybridized carbons (Fsp3) is 0.111. The van der Waals surface area contributed by atoms with Gasteiger partial charge in [0.15, 0.2) is 0 Å². The smallest absolute Gasteiger partial charge is 0.389 e. The number of nitrogens with zero attached hydrogens (tertiary/aromatic N) is 4. The Hall–Kier alpha value is -3.28. The highest BCUT2D eigenvalue weighted by atomic mass is 16.6. The second-order valence-electron chi connectivity index (χ2n) is 5.12. The zero-order chi connectivity index (χ0) is 16.8. The molecule has 0 aliphatic rings. The first-order valence-corrected chi connectivity index (χ1v) is 7.45. The number of benzene rings is 1. The van der Waals surface area contributed by atoms with Gasteiger partial charge < -0.3 is 4.74 Å². The normalized spacial score (nSPS) is 10.2. The van der Waals surface area contributed by atoms with E-state index in [1.807, 2.05) is 48.5 Å². The first kappa shape index (κ1) is 15.6. The summed E-state index contributed by atoms with van der Waals surface area (Å²) < 4.78 is 5.23. The van der Waals surface area contributed by atoms with E-state index in [0.29, 0.717) is 6.42 Å². The van der Waals surface area contributed by atoms with Crippen molar-refractivity contribution in [2.75, 3.05) is 11.9 Å². The van der Waals surface area contributed by atoms with Gasteiger partial charge in [0.1, 0.15) is 0 Å². The zero-order valence-electron chi connectivity index (χ0n) is 13.2. The summed E-state index contributed by atoms with van der Waals surface area (Å²) in [5.74, 6) is 0.160. The average Bonchev–Trinajstić information content (AvgIpc) is 2.64. The Morgan fingerprint density at radius 2 is 1.75 bits per heavy atom. The third kappa shape index (κ3) is 3.92. The van der Waals surface area contributed by atoms with Crippen molar-refractivity contribution >= 4 is 11.8 Å². The molecule has 0 bridgehead atoms. The van der Waals surface area contributed by atoms with Gasteiger partial charge in [0.05, 0.1) is 5.69 Å². The molecule has 0 spiro atoms. The minimum Gasteiger partial charge on any atom is -0.389 e. The Morgan fingerprint density at radius 3 is 2.42 bits per heavy atom. The summed E-state index contributed by atoms with van der Waals surface area (Å²) in [5, 5.41) is 8.02. The lowest BCUT2D eigenvalue weighted by molar-refractivity contribution is 0.206. The fourth-order valence-electron chi connectivity index (χ4n) is 2.10.